The van der Waals surface area contributed by atoms with E-state index in [1.54, 1.807) is 13.0 Å². The molecular weight excluding hydrogens is 614 g/mol. The van der Waals surface area contributed by atoms with Gasteiger partial charge in [0, 0.05) is 55.4 Å². The molecule has 13 heteroatoms. The van der Waals surface area contributed by atoms with Crippen LogP contribution in [-0.2, 0) is 42.9 Å². The summed E-state index contributed by atoms with van der Waals surface area (Å²) in [5, 5.41) is 36.8. The van der Waals surface area contributed by atoms with Gasteiger partial charge >= 0.3 is 23.9 Å². The number of hydrogen-bond donors (Lipinski definition) is 4. The van der Waals surface area contributed by atoms with Crippen molar-refractivity contribution in [3.63, 3.8) is 0 Å². The first kappa shape index (κ1) is 32.9. The quantitative estimate of drug-likeness (QED) is 0.186. The van der Waals surface area contributed by atoms with Crippen LogP contribution in [0.15, 0.2) is 11.8 Å². The van der Waals surface area contributed by atoms with Gasteiger partial charge in [-0.05, 0) is 50.0 Å². The fourth-order valence-electron chi connectivity index (χ4n) is 12.3. The lowest BCUT2D eigenvalue weighted by molar-refractivity contribution is -0.284. The monoisotopic (exact) mass is 661 g/mol. The van der Waals surface area contributed by atoms with E-state index in [4.69, 9.17) is 29.4 Å². The average molecular weight is 662 g/mol. The van der Waals surface area contributed by atoms with Crippen LogP contribution in [0.5, 0.6) is 0 Å². The second kappa shape index (κ2) is 9.99. The Morgan fingerprint density at radius 2 is 1.47 bits per heavy atom. The maximum Gasteiger partial charge on any atom is 0.343 e. The van der Waals surface area contributed by atoms with E-state index >= 15 is 0 Å². The number of esters is 4. The van der Waals surface area contributed by atoms with Crippen molar-refractivity contribution in [2.24, 2.45) is 63.4 Å². The van der Waals surface area contributed by atoms with Gasteiger partial charge < -0.3 is 44.7 Å². The van der Waals surface area contributed by atoms with Crippen LogP contribution in [0.1, 0.15) is 61.8 Å². The summed E-state index contributed by atoms with van der Waals surface area (Å²) in [6.07, 6.45) is -4.05. The molecule has 0 spiro atoms. The molecule has 260 valence electrons. The van der Waals surface area contributed by atoms with E-state index in [-0.39, 0.29) is 17.8 Å². The topological polar surface area (TPSA) is 204 Å². The van der Waals surface area contributed by atoms with Crippen LogP contribution in [-0.4, -0.2) is 93.6 Å². The Morgan fingerprint density at radius 1 is 0.872 bits per heavy atom. The Balaban J connectivity index is 1.49. The molecule has 2 unspecified atom stereocenters. The van der Waals surface area contributed by atoms with Gasteiger partial charge in [-0.25, -0.2) is 4.79 Å². The van der Waals surface area contributed by atoms with Gasteiger partial charge in [0.15, 0.2) is 5.60 Å². The van der Waals surface area contributed by atoms with E-state index < -0.39 is 124 Å². The van der Waals surface area contributed by atoms with Crippen LogP contribution in [0.3, 0.4) is 0 Å². The van der Waals surface area contributed by atoms with Gasteiger partial charge in [-0.1, -0.05) is 20.8 Å². The highest BCUT2D eigenvalue weighted by Crippen LogP contribution is 2.75. The largest absolute Gasteiger partial charge is 0.459 e. The third-order valence-corrected chi connectivity index (χ3v) is 14.1. The fraction of sp³-hybridized carbons (Fsp3) is 0.824. The van der Waals surface area contributed by atoms with Gasteiger partial charge in [-0.2, -0.15) is 0 Å². The molecule has 13 nitrogen and oxygen atoms in total. The van der Waals surface area contributed by atoms with Crippen molar-refractivity contribution >= 4 is 23.9 Å². The number of allylic oxidation sites excluding steroid dienone is 1. The fourth-order valence-corrected chi connectivity index (χ4v) is 12.3. The molecule has 5 aliphatic carbocycles. The van der Waals surface area contributed by atoms with Crippen LogP contribution >= 0.6 is 0 Å². The summed E-state index contributed by atoms with van der Waals surface area (Å²) in [4.78, 5) is 51.6. The van der Waals surface area contributed by atoms with E-state index in [0.29, 0.717) is 6.42 Å². The third-order valence-electron chi connectivity index (χ3n) is 14.1. The van der Waals surface area contributed by atoms with Gasteiger partial charge in [-0.15, -0.1) is 0 Å². The number of aliphatic hydroxyl groups excluding tert-OH is 2. The first-order valence-electron chi connectivity index (χ1n) is 16.7. The Morgan fingerprint density at radius 3 is 2.06 bits per heavy atom. The predicted octanol–water partition coefficient (Wildman–Crippen LogP) is 0.600. The molecule has 47 heavy (non-hydrogen) atoms. The lowest BCUT2D eigenvalue weighted by atomic mass is 9.40. The third kappa shape index (κ3) is 3.89. The molecule has 5 N–H and O–H groups in total. The molecule has 0 aromatic carbocycles. The first-order chi connectivity index (χ1) is 21.7. The summed E-state index contributed by atoms with van der Waals surface area (Å²) in [7, 11) is 0. The highest BCUT2D eigenvalue weighted by molar-refractivity contribution is 5.85. The lowest BCUT2D eigenvalue weighted by Crippen LogP contribution is -2.76. The van der Waals surface area contributed by atoms with Crippen molar-refractivity contribution in [3.8, 4) is 0 Å². The number of ether oxygens (including phenoxy) is 5. The molecule has 2 saturated heterocycles. The zero-order valence-electron chi connectivity index (χ0n) is 28.0. The Bertz CT molecular complexity index is 1460. The van der Waals surface area contributed by atoms with E-state index in [1.165, 1.54) is 27.7 Å². The van der Waals surface area contributed by atoms with Gasteiger partial charge in [0.05, 0.1) is 23.7 Å². The smallest absolute Gasteiger partial charge is 0.343 e. The molecular formula is C34H47NO12. The number of nitrogens with two attached hydrogens (primary N) is 1. The van der Waals surface area contributed by atoms with E-state index in [1.807, 2.05) is 20.8 Å². The van der Waals surface area contributed by atoms with Gasteiger partial charge in [0.1, 0.15) is 30.2 Å². The predicted molar refractivity (Wildman–Crippen MR) is 159 cm³/mol. The zero-order chi connectivity index (χ0) is 34.5. The molecule has 2 heterocycles. The maximum atomic E-state index is 13.1. The van der Waals surface area contributed by atoms with Crippen molar-refractivity contribution < 1.29 is 58.2 Å². The molecule has 2 aliphatic heterocycles. The Hall–Kier alpha value is -2.58. The van der Waals surface area contributed by atoms with Crippen LogP contribution in [0.25, 0.3) is 0 Å². The highest BCUT2D eigenvalue weighted by Gasteiger charge is 2.82. The van der Waals surface area contributed by atoms with Crippen molar-refractivity contribution in [2.75, 3.05) is 0 Å². The number of epoxide rings is 1. The Labute approximate surface area is 273 Å². The highest BCUT2D eigenvalue weighted by atomic mass is 16.6. The molecule has 19 atom stereocenters. The molecule has 4 saturated carbocycles. The second-order valence-electron chi connectivity index (χ2n) is 16.1. The normalized spacial score (nSPS) is 56.6. The standard InChI is InChI=1S/C34H47NO12/c1-11-9-17-33(7,34(8,42)30(41)47-17)22-19(11)32(6)20(25(22)40)18-21(27(43-12(2)36)29(32)45-14(4)38)31(5)15(23(35)24(18)39)10-16-26(46-16)28(31)44-13(3)37/h9,11,15-16,18-29,39-40,42H,10,35H2,1-8H3/t11-,15-,16+,18+,19+,20-,21-,22?,23?,24-,25-,26+,27+,28+,29+,31+,32-,33+,34-/m1/s1. The molecule has 0 amide bonds. The van der Waals surface area contributed by atoms with Crippen molar-refractivity contribution in [3.05, 3.63) is 11.8 Å². The minimum Gasteiger partial charge on any atom is -0.459 e. The summed E-state index contributed by atoms with van der Waals surface area (Å²) in [6, 6.07) is -0.840. The number of fused-ring (bicyclic) bond motifs is 10. The molecule has 0 aromatic heterocycles. The number of carbonyl (C=O) groups is 4. The van der Waals surface area contributed by atoms with E-state index in [0.717, 1.165) is 0 Å². The number of rotatable bonds is 3. The summed E-state index contributed by atoms with van der Waals surface area (Å²) < 4.78 is 30.0. The van der Waals surface area contributed by atoms with Crippen LogP contribution < -0.4 is 5.73 Å². The van der Waals surface area contributed by atoms with Gasteiger partial charge in [0.25, 0.3) is 0 Å². The molecule has 6 fully saturated rings. The van der Waals surface area contributed by atoms with Crippen LogP contribution in [0.2, 0.25) is 0 Å². The molecule has 7 rings (SSSR count). The van der Waals surface area contributed by atoms with Gasteiger partial charge in [0.2, 0.25) is 0 Å². The number of hydrogen-bond acceptors (Lipinski definition) is 13. The zero-order valence-corrected chi connectivity index (χ0v) is 28.0. The number of carbonyl (C=O) groups excluding carboxylic acids is 4. The first-order valence-corrected chi connectivity index (χ1v) is 16.7. The summed E-state index contributed by atoms with van der Waals surface area (Å²) >= 11 is 0. The van der Waals surface area contributed by atoms with Crippen molar-refractivity contribution in [2.45, 2.75) is 116 Å². The SMILES string of the molecule is CC(=O)O[C@H]1[C@H]2[C@H]([C@@H]3[C@@H](O)C4[C@H]([C@H](C)C=C5OC(=O)[C@@](C)(O)[C@@]54C)[C@@]3(C)[C@H]1OC(C)=O)[C@@H](O)C(N)[C@H]1C[C@@H]3O[C@@H]3[C@H](OC(C)=O)[C@]21C. The van der Waals surface area contributed by atoms with E-state index in [9.17, 15) is 34.5 Å². The Kier molecular flexibility index (Phi) is 7.00. The van der Waals surface area contributed by atoms with Crippen molar-refractivity contribution in [1.82, 2.24) is 0 Å². The molecule has 7 aliphatic rings. The minimum absolute atomic E-state index is 0.232. The summed E-state index contributed by atoms with van der Waals surface area (Å²) in [5.74, 6) is -7.12. The summed E-state index contributed by atoms with van der Waals surface area (Å²) in [6.45, 7) is 12.6. The maximum absolute atomic E-state index is 13.1. The van der Waals surface area contributed by atoms with Gasteiger partial charge in [-0.3, -0.25) is 14.4 Å². The molecule has 0 aromatic rings. The summed E-state index contributed by atoms with van der Waals surface area (Å²) in [5.41, 5.74) is 1.30. The molecule has 0 bridgehead atoms. The molecule has 0 radical (unpaired) electrons. The minimum atomic E-state index is -2.01. The van der Waals surface area contributed by atoms with E-state index in [2.05, 4.69) is 0 Å². The van der Waals surface area contributed by atoms with Crippen molar-refractivity contribution in [1.29, 1.82) is 0 Å². The lowest BCUT2D eigenvalue weighted by Gasteiger charge is -2.67. The second-order valence-corrected chi connectivity index (χ2v) is 16.1. The number of aliphatic hydroxyl groups is 3. The van der Waals surface area contributed by atoms with Crippen LogP contribution in [0.4, 0.5) is 0 Å². The average Bonchev–Trinajstić information content (AvgIpc) is 3.65. The van der Waals surface area contributed by atoms with Crippen LogP contribution in [0, 0.1) is 57.7 Å².